The van der Waals surface area contributed by atoms with Crippen molar-refractivity contribution in [1.29, 1.82) is 0 Å². The Bertz CT molecular complexity index is 378. The molecule has 2 rings (SSSR count). The van der Waals surface area contributed by atoms with Crippen LogP contribution in [0.15, 0.2) is 0 Å². The summed E-state index contributed by atoms with van der Waals surface area (Å²) in [5, 5.41) is 16.0. The van der Waals surface area contributed by atoms with E-state index < -0.39 is 16.9 Å². The summed E-state index contributed by atoms with van der Waals surface area (Å²) in [5.41, 5.74) is 0. The van der Waals surface area contributed by atoms with Crippen LogP contribution in [0.5, 0.6) is 0 Å². The van der Waals surface area contributed by atoms with Crippen molar-refractivity contribution in [2.24, 2.45) is 0 Å². The van der Waals surface area contributed by atoms with Gasteiger partial charge in [-0.2, -0.15) is 0 Å². The number of carbonyl (C=O) groups is 1. The molecule has 2 saturated carbocycles. The van der Waals surface area contributed by atoms with Gasteiger partial charge in [0.1, 0.15) is 0 Å². The third-order valence-electron chi connectivity index (χ3n) is 4.66. The van der Waals surface area contributed by atoms with Crippen LogP contribution in [0.25, 0.3) is 0 Å². The maximum atomic E-state index is 12.1. The summed E-state index contributed by atoms with van der Waals surface area (Å²) in [7, 11) is -0.773. The van der Waals surface area contributed by atoms with Crippen LogP contribution in [-0.2, 0) is 10.8 Å². The predicted octanol–water partition coefficient (Wildman–Crippen LogP) is 1.67. The van der Waals surface area contributed by atoms with E-state index in [2.05, 4.69) is 10.6 Å². The average molecular weight is 316 g/mol. The summed E-state index contributed by atoms with van der Waals surface area (Å²) in [5.74, 6) is 0.692. The van der Waals surface area contributed by atoms with Gasteiger partial charge >= 0.3 is 6.03 Å². The van der Waals surface area contributed by atoms with Crippen LogP contribution in [0.1, 0.15) is 58.3 Å². The first kappa shape index (κ1) is 16.7. The fraction of sp³-hybridized carbons (Fsp3) is 0.933. The number of hydrogen-bond donors (Lipinski definition) is 3. The van der Waals surface area contributed by atoms with Gasteiger partial charge in [0.15, 0.2) is 0 Å². The maximum absolute atomic E-state index is 12.1. The van der Waals surface area contributed by atoms with E-state index in [1.54, 1.807) is 0 Å². The standard InChI is InChI=1S/C15H28N2O3S/c1-2-21(20)12-7-5-6-11(10-12)16-15(19)17-13-8-3-4-9-14(13)18/h11-14,18H,2-10H2,1H3,(H2,16,17,19). The third-order valence-corrected chi connectivity index (χ3v) is 6.40. The maximum Gasteiger partial charge on any atom is 0.315 e. The molecule has 21 heavy (non-hydrogen) atoms. The second-order valence-corrected chi connectivity index (χ2v) is 8.24. The second kappa shape index (κ2) is 8.13. The number of aliphatic hydroxyl groups is 1. The van der Waals surface area contributed by atoms with Crippen LogP contribution in [0.3, 0.4) is 0 Å². The summed E-state index contributed by atoms with van der Waals surface area (Å²) < 4.78 is 11.9. The fourth-order valence-corrected chi connectivity index (χ4v) is 4.77. The van der Waals surface area contributed by atoms with Gasteiger partial charge in [0.05, 0.1) is 12.1 Å². The summed E-state index contributed by atoms with van der Waals surface area (Å²) in [4.78, 5) is 12.1. The zero-order valence-electron chi connectivity index (χ0n) is 12.8. The molecular weight excluding hydrogens is 288 g/mol. The van der Waals surface area contributed by atoms with E-state index in [0.717, 1.165) is 51.4 Å². The second-order valence-electron chi connectivity index (χ2n) is 6.23. The molecule has 0 aromatic heterocycles. The van der Waals surface area contributed by atoms with Crippen molar-refractivity contribution in [2.45, 2.75) is 81.7 Å². The lowest BCUT2D eigenvalue weighted by molar-refractivity contribution is 0.0938. The molecule has 0 saturated heterocycles. The molecule has 2 aliphatic carbocycles. The van der Waals surface area contributed by atoms with Crippen molar-refractivity contribution < 1.29 is 14.1 Å². The van der Waals surface area contributed by atoms with E-state index in [9.17, 15) is 14.1 Å². The Morgan fingerprint density at radius 1 is 1.14 bits per heavy atom. The Labute approximate surface area is 129 Å². The Hall–Kier alpha value is -0.620. The summed E-state index contributed by atoms with van der Waals surface area (Å²) in [6, 6.07) is -0.197. The SMILES string of the molecule is CCS(=O)C1CCCC(NC(=O)NC2CCCCC2O)C1. The molecule has 5 nitrogen and oxygen atoms in total. The van der Waals surface area contributed by atoms with Crippen molar-refractivity contribution >= 4 is 16.8 Å². The van der Waals surface area contributed by atoms with Gasteiger partial charge in [0, 0.05) is 27.8 Å². The van der Waals surface area contributed by atoms with Crippen molar-refractivity contribution in [3.05, 3.63) is 0 Å². The van der Waals surface area contributed by atoms with Gasteiger partial charge in [-0.1, -0.05) is 26.2 Å². The first-order valence-corrected chi connectivity index (χ1v) is 9.60. The molecule has 2 fully saturated rings. The number of aliphatic hydroxyl groups excluding tert-OH is 1. The van der Waals surface area contributed by atoms with Crippen LogP contribution < -0.4 is 10.6 Å². The number of urea groups is 1. The van der Waals surface area contributed by atoms with Gasteiger partial charge < -0.3 is 15.7 Å². The van der Waals surface area contributed by atoms with Gasteiger partial charge in [0.2, 0.25) is 0 Å². The van der Waals surface area contributed by atoms with Crippen LogP contribution in [0.2, 0.25) is 0 Å². The van der Waals surface area contributed by atoms with E-state index >= 15 is 0 Å². The van der Waals surface area contributed by atoms with Crippen LogP contribution in [-0.4, -0.2) is 44.5 Å². The van der Waals surface area contributed by atoms with E-state index in [1.165, 1.54) is 0 Å². The minimum absolute atomic E-state index is 0.111. The largest absolute Gasteiger partial charge is 0.391 e. The molecule has 0 radical (unpaired) electrons. The van der Waals surface area contributed by atoms with Gasteiger partial charge in [-0.25, -0.2) is 4.79 Å². The highest BCUT2D eigenvalue weighted by Gasteiger charge is 2.28. The lowest BCUT2D eigenvalue weighted by Gasteiger charge is -2.32. The highest BCUT2D eigenvalue weighted by Crippen LogP contribution is 2.23. The average Bonchev–Trinajstić information content (AvgIpc) is 2.49. The van der Waals surface area contributed by atoms with Crippen molar-refractivity contribution in [3.8, 4) is 0 Å². The summed E-state index contributed by atoms with van der Waals surface area (Å²) >= 11 is 0. The van der Waals surface area contributed by atoms with Crippen molar-refractivity contribution in [1.82, 2.24) is 10.6 Å². The number of nitrogens with one attached hydrogen (secondary N) is 2. The Balaban J connectivity index is 1.77. The lowest BCUT2D eigenvalue weighted by atomic mass is 9.92. The fourth-order valence-electron chi connectivity index (χ4n) is 3.43. The first-order chi connectivity index (χ1) is 10.1. The predicted molar refractivity (Wildman–Crippen MR) is 84.7 cm³/mol. The molecule has 0 heterocycles. The smallest absolute Gasteiger partial charge is 0.315 e. The Morgan fingerprint density at radius 2 is 1.90 bits per heavy atom. The minimum atomic E-state index is -0.773. The number of carbonyl (C=O) groups excluding carboxylic acids is 1. The zero-order chi connectivity index (χ0) is 15.2. The van der Waals surface area contributed by atoms with Gasteiger partial charge in [0.25, 0.3) is 0 Å². The van der Waals surface area contributed by atoms with Crippen LogP contribution >= 0.6 is 0 Å². The highest BCUT2D eigenvalue weighted by atomic mass is 32.2. The Morgan fingerprint density at radius 3 is 2.62 bits per heavy atom. The molecule has 2 aliphatic rings. The zero-order valence-corrected chi connectivity index (χ0v) is 13.7. The first-order valence-electron chi connectivity index (χ1n) is 8.22. The third kappa shape index (κ3) is 4.95. The quantitative estimate of drug-likeness (QED) is 0.738. The highest BCUT2D eigenvalue weighted by molar-refractivity contribution is 7.85. The molecule has 2 amide bonds. The van der Waals surface area contributed by atoms with Gasteiger partial charge in [-0.15, -0.1) is 0 Å². The summed E-state index contributed by atoms with van der Waals surface area (Å²) in [6.07, 6.45) is 7.08. The van der Waals surface area contributed by atoms with Crippen LogP contribution in [0, 0.1) is 0 Å². The molecule has 122 valence electrons. The van der Waals surface area contributed by atoms with Gasteiger partial charge in [-0.3, -0.25) is 4.21 Å². The molecule has 0 bridgehead atoms. The Kier molecular flexibility index (Phi) is 6.48. The van der Waals surface area contributed by atoms with Gasteiger partial charge in [-0.05, 0) is 32.1 Å². The molecule has 5 unspecified atom stereocenters. The molecular formula is C15H28N2O3S. The number of amides is 2. The van der Waals surface area contributed by atoms with E-state index in [0.29, 0.717) is 5.75 Å². The molecule has 0 aromatic carbocycles. The lowest BCUT2D eigenvalue weighted by Crippen LogP contribution is -2.52. The molecule has 3 N–H and O–H groups in total. The van der Waals surface area contributed by atoms with E-state index in [4.69, 9.17) is 0 Å². The number of rotatable bonds is 4. The van der Waals surface area contributed by atoms with E-state index in [1.807, 2.05) is 6.92 Å². The van der Waals surface area contributed by atoms with Crippen molar-refractivity contribution in [3.63, 3.8) is 0 Å². The van der Waals surface area contributed by atoms with Crippen LogP contribution in [0.4, 0.5) is 4.79 Å². The summed E-state index contributed by atoms with van der Waals surface area (Å²) in [6.45, 7) is 1.95. The molecule has 6 heteroatoms. The monoisotopic (exact) mass is 316 g/mol. The van der Waals surface area contributed by atoms with E-state index in [-0.39, 0.29) is 23.4 Å². The molecule has 0 aliphatic heterocycles. The molecule has 5 atom stereocenters. The molecule has 0 aromatic rings. The normalized spacial score (nSPS) is 35.0. The number of hydrogen-bond acceptors (Lipinski definition) is 3. The topological polar surface area (TPSA) is 78.4 Å². The minimum Gasteiger partial charge on any atom is -0.391 e. The molecule has 0 spiro atoms. The van der Waals surface area contributed by atoms with Crippen molar-refractivity contribution in [2.75, 3.05) is 5.75 Å².